The molecule has 0 saturated carbocycles. The molecule has 0 spiro atoms. The first-order valence-corrected chi connectivity index (χ1v) is 5.22. The Morgan fingerprint density at radius 1 is 1.36 bits per heavy atom. The normalized spacial score (nSPS) is 27.1. The molecule has 3 nitrogen and oxygen atoms in total. The first-order valence-electron chi connectivity index (χ1n) is 5.22. The molecule has 0 aromatic carbocycles. The van der Waals surface area contributed by atoms with Gasteiger partial charge in [0.15, 0.2) is 0 Å². The van der Waals surface area contributed by atoms with Gasteiger partial charge in [0.1, 0.15) is 12.8 Å². The van der Waals surface area contributed by atoms with E-state index in [1.807, 2.05) is 6.92 Å². The van der Waals surface area contributed by atoms with E-state index in [4.69, 9.17) is 4.74 Å². The molecule has 1 aliphatic rings. The van der Waals surface area contributed by atoms with Crippen LogP contribution in [0.1, 0.15) is 20.8 Å². The highest BCUT2D eigenvalue weighted by atomic mass is 16.5. The molecule has 0 aliphatic carbocycles. The molecule has 0 bridgehead atoms. The largest absolute Gasteiger partial charge is 0.349 e. The van der Waals surface area contributed by atoms with Crippen molar-refractivity contribution in [3.8, 4) is 11.8 Å². The van der Waals surface area contributed by atoms with Gasteiger partial charge in [0, 0.05) is 19.1 Å². The van der Waals surface area contributed by atoms with Gasteiger partial charge in [-0.25, -0.2) is 0 Å². The van der Waals surface area contributed by atoms with E-state index in [9.17, 15) is 0 Å². The topological polar surface area (TPSA) is 33.3 Å². The molecule has 1 saturated heterocycles. The monoisotopic (exact) mass is 196 g/mol. The molecule has 1 fully saturated rings. The highest BCUT2D eigenvalue weighted by molar-refractivity contribution is 4.95. The van der Waals surface area contributed by atoms with Gasteiger partial charge in [0.2, 0.25) is 0 Å². The molecule has 2 atom stereocenters. The SMILES string of the molecule is CC#CCOC1CNC(C(C)C)CN1. The lowest BCUT2D eigenvalue weighted by molar-refractivity contribution is 0.0292. The van der Waals surface area contributed by atoms with Crippen LogP contribution in [0.2, 0.25) is 0 Å². The van der Waals surface area contributed by atoms with Crippen molar-refractivity contribution in [2.24, 2.45) is 5.92 Å². The van der Waals surface area contributed by atoms with E-state index < -0.39 is 0 Å². The number of nitrogens with one attached hydrogen (secondary N) is 2. The van der Waals surface area contributed by atoms with Gasteiger partial charge < -0.3 is 10.1 Å². The fourth-order valence-electron chi connectivity index (χ4n) is 1.46. The van der Waals surface area contributed by atoms with E-state index in [1.54, 1.807) is 0 Å². The van der Waals surface area contributed by atoms with Gasteiger partial charge in [0.25, 0.3) is 0 Å². The van der Waals surface area contributed by atoms with Gasteiger partial charge in [-0.3, -0.25) is 5.32 Å². The second kappa shape index (κ2) is 6.02. The summed E-state index contributed by atoms with van der Waals surface area (Å²) in [5.74, 6) is 6.37. The Kier molecular flexibility index (Phi) is 4.95. The zero-order valence-corrected chi connectivity index (χ0v) is 9.26. The Hall–Kier alpha value is -0.560. The molecule has 0 radical (unpaired) electrons. The van der Waals surface area contributed by atoms with E-state index in [-0.39, 0.29) is 6.23 Å². The van der Waals surface area contributed by atoms with Crippen LogP contribution in [0.15, 0.2) is 0 Å². The van der Waals surface area contributed by atoms with E-state index in [2.05, 4.69) is 36.3 Å². The van der Waals surface area contributed by atoms with Crippen molar-refractivity contribution in [3.63, 3.8) is 0 Å². The predicted molar refractivity (Wildman–Crippen MR) is 57.8 cm³/mol. The minimum absolute atomic E-state index is 0.117. The molecule has 80 valence electrons. The van der Waals surface area contributed by atoms with Gasteiger partial charge in [-0.15, -0.1) is 5.92 Å². The van der Waals surface area contributed by atoms with E-state index in [0.29, 0.717) is 18.6 Å². The van der Waals surface area contributed by atoms with Crippen molar-refractivity contribution in [3.05, 3.63) is 0 Å². The summed E-state index contributed by atoms with van der Waals surface area (Å²) >= 11 is 0. The summed E-state index contributed by atoms with van der Waals surface area (Å²) in [6.07, 6.45) is 0.117. The van der Waals surface area contributed by atoms with Crippen LogP contribution in [0, 0.1) is 17.8 Å². The average molecular weight is 196 g/mol. The van der Waals surface area contributed by atoms with Crippen molar-refractivity contribution in [2.45, 2.75) is 33.0 Å². The van der Waals surface area contributed by atoms with Gasteiger partial charge in [0.05, 0.1) is 0 Å². The molecular weight excluding hydrogens is 176 g/mol. The molecular formula is C11H20N2O. The second-order valence-corrected chi connectivity index (χ2v) is 3.89. The summed E-state index contributed by atoms with van der Waals surface area (Å²) < 4.78 is 5.50. The first kappa shape index (κ1) is 11.5. The van der Waals surface area contributed by atoms with E-state index >= 15 is 0 Å². The molecule has 3 heteroatoms. The number of hydrogen-bond donors (Lipinski definition) is 2. The van der Waals surface area contributed by atoms with E-state index in [0.717, 1.165) is 13.1 Å². The summed E-state index contributed by atoms with van der Waals surface area (Å²) in [4.78, 5) is 0. The third-order valence-electron chi connectivity index (χ3n) is 2.47. The Morgan fingerprint density at radius 2 is 2.14 bits per heavy atom. The number of ether oxygens (including phenoxy) is 1. The van der Waals surface area contributed by atoms with Crippen LogP contribution in [-0.4, -0.2) is 32.0 Å². The predicted octanol–water partition coefficient (Wildman–Crippen LogP) is 0.570. The molecule has 1 aliphatic heterocycles. The fourth-order valence-corrected chi connectivity index (χ4v) is 1.46. The Bertz CT molecular complexity index is 209. The first-order chi connectivity index (χ1) is 6.74. The maximum atomic E-state index is 5.50. The minimum Gasteiger partial charge on any atom is -0.349 e. The Morgan fingerprint density at radius 3 is 2.64 bits per heavy atom. The van der Waals surface area contributed by atoms with Crippen LogP contribution in [0.5, 0.6) is 0 Å². The Labute approximate surface area is 86.6 Å². The molecule has 14 heavy (non-hydrogen) atoms. The van der Waals surface area contributed by atoms with E-state index in [1.165, 1.54) is 0 Å². The lowest BCUT2D eigenvalue weighted by atomic mass is 10.0. The zero-order chi connectivity index (χ0) is 10.4. The molecule has 2 unspecified atom stereocenters. The van der Waals surface area contributed by atoms with Crippen LogP contribution in [0.3, 0.4) is 0 Å². The van der Waals surface area contributed by atoms with Crippen LogP contribution < -0.4 is 10.6 Å². The Balaban J connectivity index is 2.17. The summed E-state index contributed by atoms with van der Waals surface area (Å²) in [6.45, 7) is 8.63. The number of hydrogen-bond acceptors (Lipinski definition) is 3. The molecule has 1 rings (SSSR count). The van der Waals surface area contributed by atoms with Crippen LogP contribution in [-0.2, 0) is 4.74 Å². The van der Waals surface area contributed by atoms with Crippen molar-refractivity contribution in [1.29, 1.82) is 0 Å². The van der Waals surface area contributed by atoms with Crippen molar-refractivity contribution in [2.75, 3.05) is 19.7 Å². The van der Waals surface area contributed by atoms with Gasteiger partial charge in [-0.05, 0) is 12.8 Å². The van der Waals surface area contributed by atoms with Crippen molar-refractivity contribution < 1.29 is 4.74 Å². The summed E-state index contributed by atoms with van der Waals surface area (Å²) in [7, 11) is 0. The number of rotatable bonds is 3. The van der Waals surface area contributed by atoms with Gasteiger partial charge in [-0.1, -0.05) is 19.8 Å². The van der Waals surface area contributed by atoms with Crippen LogP contribution >= 0.6 is 0 Å². The highest BCUT2D eigenvalue weighted by Crippen LogP contribution is 2.04. The standard InChI is InChI=1S/C11H20N2O/c1-4-5-6-14-11-8-12-10(7-13-11)9(2)3/h9-13H,6-8H2,1-3H3. The van der Waals surface area contributed by atoms with Crippen LogP contribution in [0.25, 0.3) is 0 Å². The fraction of sp³-hybridized carbons (Fsp3) is 0.818. The van der Waals surface area contributed by atoms with Gasteiger partial charge >= 0.3 is 0 Å². The smallest absolute Gasteiger partial charge is 0.122 e. The molecule has 1 heterocycles. The molecule has 0 amide bonds. The second-order valence-electron chi connectivity index (χ2n) is 3.89. The molecule has 0 aromatic heterocycles. The maximum absolute atomic E-state index is 5.50. The summed E-state index contributed by atoms with van der Waals surface area (Å²) in [5.41, 5.74) is 0. The van der Waals surface area contributed by atoms with Crippen molar-refractivity contribution >= 4 is 0 Å². The lowest BCUT2D eigenvalue weighted by Crippen LogP contribution is -2.57. The minimum atomic E-state index is 0.117. The average Bonchev–Trinajstić information content (AvgIpc) is 2.19. The van der Waals surface area contributed by atoms with Gasteiger partial charge in [-0.2, -0.15) is 0 Å². The third kappa shape index (κ3) is 3.67. The molecule has 0 aromatic rings. The summed E-state index contributed by atoms with van der Waals surface area (Å²) in [5, 5.41) is 6.82. The number of piperazine rings is 1. The highest BCUT2D eigenvalue weighted by Gasteiger charge is 2.21. The third-order valence-corrected chi connectivity index (χ3v) is 2.47. The van der Waals surface area contributed by atoms with Crippen LogP contribution in [0.4, 0.5) is 0 Å². The summed E-state index contributed by atoms with van der Waals surface area (Å²) in [6, 6.07) is 0.562. The lowest BCUT2D eigenvalue weighted by Gasteiger charge is -2.32. The maximum Gasteiger partial charge on any atom is 0.122 e. The molecule has 2 N–H and O–H groups in total. The zero-order valence-electron chi connectivity index (χ0n) is 9.26. The quantitative estimate of drug-likeness (QED) is 0.647. The van der Waals surface area contributed by atoms with Crippen molar-refractivity contribution in [1.82, 2.24) is 10.6 Å².